The van der Waals surface area contributed by atoms with E-state index in [-0.39, 0.29) is 5.75 Å². The summed E-state index contributed by atoms with van der Waals surface area (Å²) < 4.78 is 27.6. The maximum Gasteiger partial charge on any atom is 0.257 e. The fraction of sp³-hybridized carbons (Fsp3) is 1.00. The van der Waals surface area contributed by atoms with E-state index in [1.807, 2.05) is 13.1 Å². The maximum absolute atomic E-state index is 11.2. The van der Waals surface area contributed by atoms with Crippen LogP contribution in [0, 0.1) is 0 Å². The van der Waals surface area contributed by atoms with Crippen molar-refractivity contribution < 1.29 is 12.3 Å². The molecule has 0 N–H and O–H groups in total. The fourth-order valence-corrected chi connectivity index (χ4v) is 5.81. The molecule has 0 radical (unpaired) electrons. The van der Waals surface area contributed by atoms with Crippen LogP contribution in [0.1, 0.15) is 26.7 Å². The van der Waals surface area contributed by atoms with Gasteiger partial charge in [-0.05, 0) is 26.1 Å². The minimum Gasteiger partial charge on any atom is -0.315 e. The van der Waals surface area contributed by atoms with Crippen LogP contribution in [0.3, 0.4) is 0 Å². The summed E-state index contributed by atoms with van der Waals surface area (Å²) in [5.74, 6) is 0.0789. The van der Waals surface area contributed by atoms with Crippen LogP contribution in [0.5, 0.6) is 0 Å². The highest BCUT2D eigenvalue weighted by atomic mass is 32.2. The van der Waals surface area contributed by atoms with Crippen LogP contribution in [-0.4, -0.2) is 22.5 Å². The molecule has 0 aromatic rings. The molecule has 0 amide bonds. The van der Waals surface area contributed by atoms with Crippen molar-refractivity contribution in [2.45, 2.75) is 45.8 Å². The molecule has 0 spiro atoms. The van der Waals surface area contributed by atoms with Crippen molar-refractivity contribution in [1.29, 1.82) is 0 Å². The third-order valence-electron chi connectivity index (χ3n) is 1.84. The molecular weight excluding hydrogens is 204 g/mol. The highest BCUT2D eigenvalue weighted by molar-refractivity contribution is 7.87. The molecule has 0 aromatic heterocycles. The monoisotopic (exact) mass is 224 g/mol. The van der Waals surface area contributed by atoms with Gasteiger partial charge in [-0.3, -0.25) is 0 Å². The quantitative estimate of drug-likeness (QED) is 0.651. The molecular formula is C8H20O3SSi. The van der Waals surface area contributed by atoms with Crippen LogP contribution in [0.2, 0.25) is 19.1 Å². The molecule has 0 aliphatic rings. The topological polar surface area (TPSA) is 43.4 Å². The first-order valence-corrected chi connectivity index (χ1v) is 9.45. The SMILES string of the molecule is CCCC[Si](C)(C)OS(=O)(=O)CC. The smallest absolute Gasteiger partial charge is 0.257 e. The highest BCUT2D eigenvalue weighted by Gasteiger charge is 2.27. The fourth-order valence-electron chi connectivity index (χ4n) is 1.05. The standard InChI is InChI=1S/C8H20O3SSi/c1-5-7-8-13(3,4)11-12(9,10)6-2/h5-8H2,1-4H3. The van der Waals surface area contributed by atoms with Gasteiger partial charge < -0.3 is 3.87 Å². The van der Waals surface area contributed by atoms with Crippen LogP contribution in [0.4, 0.5) is 0 Å². The van der Waals surface area contributed by atoms with E-state index in [4.69, 9.17) is 3.87 Å². The molecule has 5 heteroatoms. The van der Waals surface area contributed by atoms with Crippen LogP contribution in [0.15, 0.2) is 0 Å². The normalized spacial score (nSPS) is 13.2. The molecule has 0 bridgehead atoms. The Kier molecular flexibility index (Phi) is 5.17. The van der Waals surface area contributed by atoms with Crippen molar-refractivity contribution in [3.63, 3.8) is 0 Å². The van der Waals surface area contributed by atoms with Gasteiger partial charge in [0.05, 0.1) is 5.75 Å². The molecule has 3 nitrogen and oxygen atoms in total. The molecule has 0 rings (SSSR count). The Bertz CT molecular complexity index is 234. The number of rotatable bonds is 6. The minimum absolute atomic E-state index is 0.0789. The molecule has 0 saturated heterocycles. The van der Waals surface area contributed by atoms with Gasteiger partial charge in [-0.25, -0.2) is 8.42 Å². The molecule has 80 valence electrons. The van der Waals surface area contributed by atoms with Crippen LogP contribution < -0.4 is 0 Å². The average Bonchev–Trinajstić information content (AvgIpc) is 1.99. The summed E-state index contributed by atoms with van der Waals surface area (Å²) in [6.45, 7) is 7.62. The van der Waals surface area contributed by atoms with Gasteiger partial charge in [-0.1, -0.05) is 19.8 Å². The summed E-state index contributed by atoms with van der Waals surface area (Å²) in [4.78, 5) is 0. The van der Waals surface area contributed by atoms with E-state index in [9.17, 15) is 8.42 Å². The van der Waals surface area contributed by atoms with Gasteiger partial charge in [0.25, 0.3) is 10.1 Å². The minimum atomic E-state index is -3.25. The summed E-state index contributed by atoms with van der Waals surface area (Å²) in [5.41, 5.74) is 0. The third-order valence-corrected chi connectivity index (χ3v) is 6.92. The molecule has 0 fully saturated rings. The molecule has 0 aliphatic heterocycles. The lowest BCUT2D eigenvalue weighted by Gasteiger charge is -2.21. The summed E-state index contributed by atoms with van der Waals surface area (Å²) in [5, 5.41) is 0. The van der Waals surface area contributed by atoms with E-state index in [1.165, 1.54) is 0 Å². The molecule has 0 atom stereocenters. The summed E-state index contributed by atoms with van der Waals surface area (Å²) in [6, 6.07) is 0.919. The van der Waals surface area contributed by atoms with Gasteiger partial charge >= 0.3 is 0 Å². The van der Waals surface area contributed by atoms with Gasteiger partial charge in [0, 0.05) is 0 Å². The predicted octanol–water partition coefficient (Wildman–Crippen LogP) is 2.36. The van der Waals surface area contributed by atoms with Crippen molar-refractivity contribution in [1.82, 2.24) is 0 Å². The summed E-state index contributed by atoms with van der Waals surface area (Å²) >= 11 is 0. The second-order valence-corrected chi connectivity index (χ2v) is 10.2. The lowest BCUT2D eigenvalue weighted by Crippen LogP contribution is -2.33. The lowest BCUT2D eigenvalue weighted by molar-refractivity contribution is 0.481. The number of hydrogen-bond donors (Lipinski definition) is 0. The van der Waals surface area contributed by atoms with Gasteiger partial charge in [0.2, 0.25) is 8.32 Å². The first-order chi connectivity index (χ1) is 5.83. The predicted molar refractivity (Wildman–Crippen MR) is 57.7 cm³/mol. The highest BCUT2D eigenvalue weighted by Crippen LogP contribution is 2.17. The third kappa shape index (κ3) is 6.23. The zero-order valence-corrected chi connectivity index (χ0v) is 10.8. The molecule has 0 unspecified atom stereocenters. The average molecular weight is 224 g/mol. The Balaban J connectivity index is 4.16. The molecule has 0 heterocycles. The van der Waals surface area contributed by atoms with Gasteiger partial charge in [0.1, 0.15) is 0 Å². The zero-order chi connectivity index (χ0) is 10.5. The van der Waals surface area contributed by atoms with E-state index in [1.54, 1.807) is 6.92 Å². The molecule has 0 aliphatic carbocycles. The molecule has 13 heavy (non-hydrogen) atoms. The number of unbranched alkanes of at least 4 members (excludes halogenated alkanes) is 1. The number of hydrogen-bond acceptors (Lipinski definition) is 3. The van der Waals surface area contributed by atoms with Crippen molar-refractivity contribution in [2.75, 3.05) is 5.75 Å². The lowest BCUT2D eigenvalue weighted by atomic mass is 10.4. The molecule has 0 saturated carbocycles. The van der Waals surface area contributed by atoms with E-state index in [0.29, 0.717) is 0 Å². The van der Waals surface area contributed by atoms with E-state index in [0.717, 1.165) is 18.9 Å². The van der Waals surface area contributed by atoms with E-state index >= 15 is 0 Å². The van der Waals surface area contributed by atoms with E-state index in [2.05, 4.69) is 6.92 Å². The van der Waals surface area contributed by atoms with Crippen LogP contribution in [-0.2, 0) is 14.0 Å². The first kappa shape index (κ1) is 13.1. The summed E-state index contributed by atoms with van der Waals surface area (Å²) in [7, 11) is -5.21. The second kappa shape index (κ2) is 5.12. The van der Waals surface area contributed by atoms with Gasteiger partial charge in [0.15, 0.2) is 0 Å². The summed E-state index contributed by atoms with van der Waals surface area (Å²) in [6.07, 6.45) is 2.14. The Hall–Kier alpha value is 0.127. The van der Waals surface area contributed by atoms with Crippen molar-refractivity contribution in [3.05, 3.63) is 0 Å². The largest absolute Gasteiger partial charge is 0.315 e. The maximum atomic E-state index is 11.2. The van der Waals surface area contributed by atoms with Gasteiger partial charge in [-0.2, -0.15) is 0 Å². The molecule has 0 aromatic carbocycles. The van der Waals surface area contributed by atoms with Crippen LogP contribution in [0.25, 0.3) is 0 Å². The Morgan fingerprint density at radius 1 is 1.23 bits per heavy atom. The van der Waals surface area contributed by atoms with Crippen molar-refractivity contribution in [2.24, 2.45) is 0 Å². The second-order valence-electron chi connectivity index (χ2n) is 3.79. The Labute approximate surface area is 82.7 Å². The van der Waals surface area contributed by atoms with Crippen molar-refractivity contribution >= 4 is 18.4 Å². The first-order valence-electron chi connectivity index (χ1n) is 4.76. The van der Waals surface area contributed by atoms with Crippen molar-refractivity contribution in [3.8, 4) is 0 Å². The van der Waals surface area contributed by atoms with Gasteiger partial charge in [-0.15, -0.1) is 0 Å². The Morgan fingerprint density at radius 2 is 1.77 bits per heavy atom. The Morgan fingerprint density at radius 3 is 2.15 bits per heavy atom. The zero-order valence-electron chi connectivity index (χ0n) is 8.96. The van der Waals surface area contributed by atoms with Crippen LogP contribution >= 0.6 is 0 Å². The van der Waals surface area contributed by atoms with E-state index < -0.39 is 18.4 Å².